The summed E-state index contributed by atoms with van der Waals surface area (Å²) in [6.45, 7) is 0.308. The molecule has 0 aliphatic heterocycles. The minimum absolute atomic E-state index is 0.0864. The zero-order valence-corrected chi connectivity index (χ0v) is 11.5. The summed E-state index contributed by atoms with van der Waals surface area (Å²) in [7, 11) is -3.76. The van der Waals surface area contributed by atoms with Gasteiger partial charge in [-0.2, -0.15) is 0 Å². The molecule has 0 saturated heterocycles. The van der Waals surface area contributed by atoms with Crippen LogP contribution in [-0.2, 0) is 10.0 Å². The van der Waals surface area contributed by atoms with Crippen LogP contribution >= 0.6 is 11.6 Å². The number of sulfonamides is 1. The average molecular weight is 298 g/mol. The lowest BCUT2D eigenvalue weighted by atomic mass is 10.1. The van der Waals surface area contributed by atoms with Crippen molar-refractivity contribution >= 4 is 32.4 Å². The maximum absolute atomic E-state index is 11.5. The van der Waals surface area contributed by atoms with Crippen molar-refractivity contribution in [1.29, 1.82) is 0 Å². The third-order valence-electron chi connectivity index (χ3n) is 2.57. The summed E-state index contributed by atoms with van der Waals surface area (Å²) in [5.41, 5.74) is 1.36. The van der Waals surface area contributed by atoms with Crippen molar-refractivity contribution < 1.29 is 13.2 Å². The SMILES string of the molecule is NS(=O)(=O)c1ccc(OC/C=C/Cl)c2ccccc12. The van der Waals surface area contributed by atoms with Crippen LogP contribution in [0.1, 0.15) is 0 Å². The van der Waals surface area contributed by atoms with Crippen molar-refractivity contribution in [2.75, 3.05) is 6.61 Å². The molecule has 0 atom stereocenters. The van der Waals surface area contributed by atoms with Crippen molar-refractivity contribution in [3.63, 3.8) is 0 Å². The fraction of sp³-hybridized carbons (Fsp3) is 0.0769. The van der Waals surface area contributed by atoms with Gasteiger partial charge < -0.3 is 4.74 Å². The summed E-state index contributed by atoms with van der Waals surface area (Å²) < 4.78 is 28.6. The van der Waals surface area contributed by atoms with Crippen LogP contribution in [0.3, 0.4) is 0 Å². The fourth-order valence-electron chi connectivity index (χ4n) is 1.79. The van der Waals surface area contributed by atoms with Crippen LogP contribution < -0.4 is 9.88 Å². The second-order valence-corrected chi connectivity index (χ2v) is 5.61. The largest absolute Gasteiger partial charge is 0.489 e. The Balaban J connectivity index is 2.58. The predicted octanol–water partition coefficient (Wildman–Crippen LogP) is 2.62. The van der Waals surface area contributed by atoms with E-state index in [0.717, 1.165) is 0 Å². The Hall–Kier alpha value is -1.56. The van der Waals surface area contributed by atoms with Crippen LogP contribution in [0, 0.1) is 0 Å². The van der Waals surface area contributed by atoms with Crippen molar-refractivity contribution in [2.45, 2.75) is 4.90 Å². The van der Waals surface area contributed by atoms with E-state index in [1.807, 2.05) is 0 Å². The molecule has 0 unspecified atom stereocenters. The molecule has 0 radical (unpaired) electrons. The molecular formula is C13H12ClNO3S. The quantitative estimate of drug-likeness (QED) is 0.943. The molecule has 6 heteroatoms. The van der Waals surface area contributed by atoms with Gasteiger partial charge in [0.2, 0.25) is 10.0 Å². The van der Waals surface area contributed by atoms with Gasteiger partial charge in [-0.15, -0.1) is 0 Å². The standard InChI is InChI=1S/C13H12ClNO3S/c14-8-3-9-18-12-6-7-13(19(15,16)17)11-5-2-1-4-10(11)12/h1-8H,9H2,(H2,15,16,17)/b8-3+. The minimum Gasteiger partial charge on any atom is -0.489 e. The number of rotatable bonds is 4. The van der Waals surface area contributed by atoms with Crippen LogP contribution in [0.5, 0.6) is 5.75 Å². The molecule has 0 aromatic heterocycles. The van der Waals surface area contributed by atoms with Crippen LogP contribution in [0.25, 0.3) is 10.8 Å². The van der Waals surface area contributed by atoms with E-state index in [4.69, 9.17) is 21.5 Å². The smallest absolute Gasteiger partial charge is 0.238 e. The van der Waals surface area contributed by atoms with Crippen LogP contribution in [0.4, 0.5) is 0 Å². The van der Waals surface area contributed by atoms with Gasteiger partial charge in [0.05, 0.1) is 4.90 Å². The van der Waals surface area contributed by atoms with Gasteiger partial charge in [-0.1, -0.05) is 35.9 Å². The summed E-state index contributed by atoms with van der Waals surface area (Å²) in [6, 6.07) is 10.1. The molecule has 2 N–H and O–H groups in total. The lowest BCUT2D eigenvalue weighted by Gasteiger charge is -2.10. The van der Waals surface area contributed by atoms with Gasteiger partial charge in [0, 0.05) is 16.3 Å². The number of fused-ring (bicyclic) bond motifs is 1. The van der Waals surface area contributed by atoms with Gasteiger partial charge in [0.1, 0.15) is 12.4 Å². The summed E-state index contributed by atoms with van der Waals surface area (Å²) >= 11 is 5.41. The van der Waals surface area contributed by atoms with Gasteiger partial charge in [-0.3, -0.25) is 0 Å². The van der Waals surface area contributed by atoms with E-state index >= 15 is 0 Å². The first-order chi connectivity index (χ1) is 9.04. The van der Waals surface area contributed by atoms with E-state index in [1.165, 1.54) is 11.6 Å². The number of benzene rings is 2. The van der Waals surface area contributed by atoms with Gasteiger partial charge in [0.15, 0.2) is 0 Å². The van der Waals surface area contributed by atoms with Crippen molar-refractivity contribution in [3.8, 4) is 5.75 Å². The zero-order valence-electron chi connectivity index (χ0n) is 9.91. The number of primary sulfonamides is 1. The van der Waals surface area contributed by atoms with Crippen molar-refractivity contribution in [1.82, 2.24) is 0 Å². The number of nitrogens with two attached hydrogens (primary N) is 1. The Bertz CT molecular complexity index is 726. The molecule has 2 aromatic carbocycles. The lowest BCUT2D eigenvalue weighted by Crippen LogP contribution is -2.12. The molecule has 100 valence electrons. The minimum atomic E-state index is -3.76. The molecule has 0 bridgehead atoms. The fourth-order valence-corrected chi connectivity index (χ4v) is 2.61. The topological polar surface area (TPSA) is 69.4 Å². The monoisotopic (exact) mass is 297 g/mol. The Morgan fingerprint density at radius 1 is 1.16 bits per heavy atom. The summed E-state index contributed by atoms with van der Waals surface area (Å²) in [4.78, 5) is 0.0864. The molecule has 0 heterocycles. The van der Waals surface area contributed by atoms with Gasteiger partial charge in [-0.25, -0.2) is 13.6 Å². The Kier molecular flexibility index (Phi) is 4.09. The molecule has 0 saturated carbocycles. The lowest BCUT2D eigenvalue weighted by molar-refractivity contribution is 0.367. The van der Waals surface area contributed by atoms with Gasteiger partial charge in [-0.05, 0) is 18.2 Å². The Labute approximate surface area is 116 Å². The molecule has 2 aromatic rings. The second kappa shape index (κ2) is 5.61. The van der Waals surface area contributed by atoms with Crippen LogP contribution in [-0.4, -0.2) is 15.0 Å². The molecule has 2 rings (SSSR count). The highest BCUT2D eigenvalue weighted by atomic mass is 35.5. The van der Waals surface area contributed by atoms with E-state index in [0.29, 0.717) is 23.1 Å². The second-order valence-electron chi connectivity index (χ2n) is 3.83. The molecule has 0 aliphatic carbocycles. The van der Waals surface area contributed by atoms with Gasteiger partial charge >= 0.3 is 0 Å². The highest BCUT2D eigenvalue weighted by molar-refractivity contribution is 7.89. The summed E-state index contributed by atoms with van der Waals surface area (Å²) in [5.74, 6) is 0.581. The maximum Gasteiger partial charge on any atom is 0.238 e. The molecule has 0 spiro atoms. The van der Waals surface area contributed by atoms with E-state index in [1.54, 1.807) is 36.4 Å². The van der Waals surface area contributed by atoms with E-state index in [2.05, 4.69) is 0 Å². The first-order valence-electron chi connectivity index (χ1n) is 5.46. The first-order valence-corrected chi connectivity index (χ1v) is 7.45. The number of hydrogen-bond acceptors (Lipinski definition) is 3. The highest BCUT2D eigenvalue weighted by Crippen LogP contribution is 2.30. The first kappa shape index (κ1) is 13.9. The molecule has 0 fully saturated rings. The Morgan fingerprint density at radius 3 is 2.47 bits per heavy atom. The molecule has 4 nitrogen and oxygen atoms in total. The predicted molar refractivity (Wildman–Crippen MR) is 75.8 cm³/mol. The highest BCUT2D eigenvalue weighted by Gasteiger charge is 2.14. The summed E-state index contributed by atoms with van der Waals surface area (Å²) in [6.07, 6.45) is 1.64. The third-order valence-corrected chi connectivity index (χ3v) is 3.72. The van der Waals surface area contributed by atoms with E-state index in [-0.39, 0.29) is 4.90 Å². The van der Waals surface area contributed by atoms with E-state index in [9.17, 15) is 8.42 Å². The zero-order chi connectivity index (χ0) is 13.9. The maximum atomic E-state index is 11.5. The van der Waals surface area contributed by atoms with E-state index < -0.39 is 10.0 Å². The number of halogens is 1. The van der Waals surface area contributed by atoms with Crippen molar-refractivity contribution in [3.05, 3.63) is 48.0 Å². The summed E-state index contributed by atoms with van der Waals surface area (Å²) in [5, 5.41) is 6.43. The number of ether oxygens (including phenoxy) is 1. The molecule has 0 aliphatic rings. The Morgan fingerprint density at radius 2 is 1.84 bits per heavy atom. The normalized spacial score (nSPS) is 12.1. The molecular weight excluding hydrogens is 286 g/mol. The van der Waals surface area contributed by atoms with Crippen molar-refractivity contribution in [2.24, 2.45) is 5.14 Å². The average Bonchev–Trinajstić information content (AvgIpc) is 2.37. The molecule has 19 heavy (non-hydrogen) atoms. The van der Waals surface area contributed by atoms with Crippen LogP contribution in [0.15, 0.2) is 52.9 Å². The molecule has 0 amide bonds. The van der Waals surface area contributed by atoms with Crippen LogP contribution in [0.2, 0.25) is 0 Å². The number of hydrogen-bond donors (Lipinski definition) is 1. The van der Waals surface area contributed by atoms with Gasteiger partial charge in [0.25, 0.3) is 0 Å². The third kappa shape index (κ3) is 3.07.